The van der Waals surface area contributed by atoms with Crippen molar-refractivity contribution in [3.63, 3.8) is 0 Å². The monoisotopic (exact) mass is 1330 g/mol. The van der Waals surface area contributed by atoms with Gasteiger partial charge in [-0.3, -0.25) is 28.2 Å². The van der Waals surface area contributed by atoms with Gasteiger partial charge in [0.2, 0.25) is 0 Å². The first kappa shape index (κ1) is 73.2. The van der Waals surface area contributed by atoms with Gasteiger partial charge in [0.25, 0.3) is 24.3 Å². The molecule has 0 aliphatic carbocycles. The average Bonchev–Trinajstić information content (AvgIpc) is 1.66. The Labute approximate surface area is 491 Å². The van der Waals surface area contributed by atoms with E-state index in [4.69, 9.17) is 79.2 Å². The van der Waals surface area contributed by atoms with E-state index in [1.54, 1.807) is 104 Å². The second-order valence-electron chi connectivity index (χ2n) is 18.4. The molecule has 0 spiro atoms. The summed E-state index contributed by atoms with van der Waals surface area (Å²) >= 11 is 0. The van der Waals surface area contributed by atoms with Crippen molar-refractivity contribution in [1.82, 2.24) is 10.2 Å². The number of nitrogens with one attached hydrogen (secondary N) is 2. The highest BCUT2D eigenvalue weighted by Crippen LogP contribution is 2.48. The number of primary amides is 2. The molecule has 30 nitrogen and oxygen atoms in total. The predicted octanol–water partition coefficient (Wildman–Crippen LogP) is 2.00. The third kappa shape index (κ3) is 21.5. The molecule has 3 fully saturated rings. The fourth-order valence-corrected chi connectivity index (χ4v) is 10.4. The van der Waals surface area contributed by atoms with Gasteiger partial charge >= 0.3 is 38.4 Å². The number of pyridine rings is 2. The number of fused-ring (bicyclic) bond motifs is 1. The van der Waals surface area contributed by atoms with Crippen molar-refractivity contribution in [2.24, 2.45) is 11.5 Å². The quantitative estimate of drug-likeness (QED) is 0.0184. The maximum Gasteiger partial charge on any atom is 0.485 e. The lowest BCUT2D eigenvalue weighted by molar-refractivity contribution is -0.766. The molecule has 8 N–H and O–H groups in total. The van der Waals surface area contributed by atoms with Gasteiger partial charge < -0.3 is 68.3 Å². The molecule has 87 heavy (non-hydrogen) atoms. The molecule has 4 aromatic rings. The lowest BCUT2D eigenvalue weighted by Crippen LogP contribution is -2.46. The zero-order chi connectivity index (χ0) is 65.7. The highest BCUT2D eigenvalue weighted by molar-refractivity contribution is 7.86. The number of aliphatic hydroxyl groups is 2. The zero-order valence-corrected chi connectivity index (χ0v) is 49.4. The Kier molecular flexibility index (Phi) is 25.4. The molecule has 0 bridgehead atoms. The smallest absolute Gasteiger partial charge is 0.485 e. The first-order valence-electron chi connectivity index (χ1n) is 24.5. The van der Waals surface area contributed by atoms with Gasteiger partial charge in [0, 0.05) is 12.1 Å². The van der Waals surface area contributed by atoms with Gasteiger partial charge in [0.15, 0.2) is 63.0 Å². The summed E-state index contributed by atoms with van der Waals surface area (Å²) in [6.45, 7) is 5.75. The van der Waals surface area contributed by atoms with Gasteiger partial charge in [-0.15, -0.1) is 0 Å². The van der Waals surface area contributed by atoms with E-state index in [1.807, 2.05) is 0 Å². The maximum atomic E-state index is 13.7. The van der Waals surface area contributed by atoms with Crippen LogP contribution in [0.3, 0.4) is 0 Å². The maximum absolute atomic E-state index is 13.7. The summed E-state index contributed by atoms with van der Waals surface area (Å²) in [6.07, 6.45) is -1.39. The lowest BCUT2D eigenvalue weighted by Gasteiger charge is -2.25. The van der Waals surface area contributed by atoms with E-state index >= 15 is 0 Å². The number of benzene rings is 2. The summed E-state index contributed by atoms with van der Waals surface area (Å²) in [7, 11) is -18.0. The summed E-state index contributed by atoms with van der Waals surface area (Å²) in [5.74, 6) is -3.03. The number of hydrogen-bond donors (Lipinski definition) is 6. The van der Waals surface area contributed by atoms with Crippen LogP contribution in [0.5, 0.6) is 11.5 Å². The van der Waals surface area contributed by atoms with Crippen LogP contribution in [-0.4, -0.2) is 153 Å². The molecule has 7 rings (SSSR count). The van der Waals surface area contributed by atoms with Gasteiger partial charge in [-0.05, 0) is 64.1 Å². The number of nitrogens with two attached hydrogens (primary N) is 2. The minimum Gasteiger partial charge on any atom is -0.741 e. The number of hydrogen-bond acceptors (Lipinski definition) is 24. The molecule has 0 radical (unpaired) electrons. The predicted molar refractivity (Wildman–Crippen MR) is 276 cm³/mol. The van der Waals surface area contributed by atoms with Crippen LogP contribution in [0, 0.1) is 0 Å². The molecule has 2 aromatic heterocycles. The van der Waals surface area contributed by atoms with Crippen LogP contribution < -0.4 is 39.8 Å². The van der Waals surface area contributed by atoms with Crippen LogP contribution in [0.25, 0.3) is 0 Å². The van der Waals surface area contributed by atoms with E-state index in [9.17, 15) is 64.9 Å². The number of carbonyl (C=O) groups excluding carboxylic acids is 4. The largest absolute Gasteiger partial charge is 0.741 e. The van der Waals surface area contributed by atoms with Gasteiger partial charge in [-0.2, -0.15) is 45.7 Å². The van der Waals surface area contributed by atoms with Crippen LogP contribution in [0.2, 0.25) is 0 Å². The Hall–Kier alpha value is -6.32. The number of aromatic nitrogens is 2. The molecule has 40 heteroatoms. The fraction of sp³-hybridized carbons (Fsp3) is 0.447. The minimum atomic E-state index is -6.09. The highest BCUT2D eigenvalue weighted by atomic mass is 32.2. The molecule has 484 valence electrons. The Morgan fingerprint density at radius 3 is 1.36 bits per heavy atom. The fourth-order valence-electron chi connectivity index (χ4n) is 7.44. The molecule has 3 aliphatic heterocycles. The number of amides is 2. The van der Waals surface area contributed by atoms with Gasteiger partial charge in [0.05, 0.1) is 27.4 Å². The molecule has 5 heterocycles. The zero-order valence-electron chi connectivity index (χ0n) is 46.0. The van der Waals surface area contributed by atoms with E-state index in [2.05, 4.69) is 14.9 Å². The number of aliphatic hydroxyl groups excluding tert-OH is 2. The van der Waals surface area contributed by atoms with E-state index < -0.39 is 144 Å². The molecule has 3 aliphatic rings. The van der Waals surface area contributed by atoms with Gasteiger partial charge in [-0.25, -0.2) is 26.0 Å². The van der Waals surface area contributed by atoms with Crippen molar-refractivity contribution >= 4 is 59.5 Å². The lowest BCUT2D eigenvalue weighted by atomic mass is 10.1. The van der Waals surface area contributed by atoms with Gasteiger partial charge in [0.1, 0.15) is 59.1 Å². The van der Waals surface area contributed by atoms with Crippen molar-refractivity contribution in [2.75, 3.05) is 27.4 Å². The summed E-state index contributed by atoms with van der Waals surface area (Å²) in [4.78, 5) is 46.9. The van der Waals surface area contributed by atoms with Crippen molar-refractivity contribution in [3.8, 4) is 11.5 Å². The Morgan fingerprint density at radius 2 is 0.989 bits per heavy atom. The summed E-state index contributed by atoms with van der Waals surface area (Å²) in [5.41, 5.74) is -0.0975. The molecular formula is C47H58F6N6O24P2S2. The van der Waals surface area contributed by atoms with E-state index in [-0.39, 0.29) is 23.7 Å². The Balaban J connectivity index is 0.000000298. The SMILES string of the molecule is COC(=O)[C@H](C)NP(=O)(OCC1OC([n+]2cccc(C(N)=O)c2)C(O)C1O)Oc1ccccc1.COC(=O)[C@H](C)NP(=O)(OCC1OC([n+]2cccc(C(N)=O)c2)C2OC(C)(C)OC12)Oc1ccccc1.O=S(=O)([O-])C(F)(F)F.O=S(=O)([O-])C(F)(F)F. The number of alkyl halides is 6. The number of rotatable bonds is 20. The van der Waals surface area contributed by atoms with Gasteiger partial charge in [-0.1, -0.05) is 36.4 Å². The molecular weight excluding hydrogens is 1270 g/mol. The number of esters is 2. The third-order valence-corrected chi connectivity index (χ3v) is 15.8. The Morgan fingerprint density at radius 1 is 0.632 bits per heavy atom. The van der Waals surface area contributed by atoms with Crippen LogP contribution in [0.15, 0.2) is 110 Å². The number of halogens is 6. The Bertz CT molecular complexity index is 3290. The standard InChI is InChI=1S/C24H30N3O9P.C21H26N3O9P.2CHF3O3S/c1-15(23(29)31-4)26-37(30,36-17-10-6-5-7-11-17)32-14-18-19-20(35-24(2,3)34-19)22(33-18)27-12-8-9-16(13-27)21(25)28;1-13(21(28)30-2)23-34(29,33-15-8-4-3-5-9-15)31-12-16-17(25)18(26)20(32-16)24-10-6-7-14(11-24)19(22)27;2*2-1(3,4)8(5,6)7/h5-13,15,18-20,22H,14H2,1-4H3,(H2-,25,26,28,30);3-11,13,16-18,20,25-26H,12H2,1-2H3,(H2-,22,23,27,29);2*(H,5,6,7)/t15-,18?,19?,20?,22?,37?;13-,16?,17?,18?,20?,34?;;/m00../s1. The second kappa shape index (κ2) is 30.3. The van der Waals surface area contributed by atoms with Crippen molar-refractivity contribution < 1.29 is 146 Å². The number of carbonyl (C=O) groups is 4. The second-order valence-corrected chi connectivity index (χ2v) is 24.6. The number of ether oxygens (including phenoxy) is 6. The van der Waals surface area contributed by atoms with Crippen LogP contribution >= 0.6 is 15.5 Å². The minimum absolute atomic E-state index is 0.175. The molecule has 12 atom stereocenters. The van der Waals surface area contributed by atoms with E-state index in [0.717, 1.165) is 0 Å². The number of para-hydroxylation sites is 2. The van der Waals surface area contributed by atoms with E-state index in [1.165, 1.54) is 57.2 Å². The van der Waals surface area contributed by atoms with Crippen LogP contribution in [-0.2, 0) is 76.4 Å². The van der Waals surface area contributed by atoms with Crippen LogP contribution in [0.4, 0.5) is 26.3 Å². The summed E-state index contributed by atoms with van der Waals surface area (Å²) in [5, 5.41) is 26.1. The molecule has 10 unspecified atom stereocenters. The number of nitrogens with zero attached hydrogens (tertiary/aromatic N) is 2. The third-order valence-electron chi connectivity index (χ3n) is 11.4. The van der Waals surface area contributed by atoms with Crippen molar-refractivity contribution in [2.45, 2.75) is 106 Å². The molecule has 2 amide bonds. The van der Waals surface area contributed by atoms with Crippen molar-refractivity contribution in [1.29, 1.82) is 0 Å². The molecule has 2 aromatic carbocycles. The topological polar surface area (TPSA) is 433 Å². The first-order chi connectivity index (χ1) is 40.1. The summed E-state index contributed by atoms with van der Waals surface area (Å²) in [6, 6.07) is 20.8. The highest BCUT2D eigenvalue weighted by Gasteiger charge is 2.60. The van der Waals surface area contributed by atoms with Crippen molar-refractivity contribution in [3.05, 3.63) is 121 Å². The summed E-state index contributed by atoms with van der Waals surface area (Å²) < 4.78 is 204. The molecule has 3 saturated heterocycles. The number of methoxy groups -OCH3 is 2. The van der Waals surface area contributed by atoms with E-state index in [0.29, 0.717) is 5.56 Å². The normalized spacial score (nSPS) is 23.5. The average molecular weight is 1330 g/mol. The van der Waals surface area contributed by atoms with Crippen LogP contribution in [0.1, 0.15) is 60.9 Å². The first-order valence-corrected chi connectivity index (χ1v) is 30.4. The molecule has 0 saturated carbocycles.